The summed E-state index contributed by atoms with van der Waals surface area (Å²) in [6.07, 6.45) is 5.95. The lowest BCUT2D eigenvalue weighted by Gasteiger charge is -2.18. The molecule has 5 nitrogen and oxygen atoms in total. The molecule has 1 saturated heterocycles. The van der Waals surface area contributed by atoms with Crippen molar-refractivity contribution < 1.29 is 19.1 Å². The van der Waals surface area contributed by atoms with Crippen LogP contribution in [-0.2, 0) is 14.3 Å². The third-order valence-corrected chi connectivity index (χ3v) is 2.79. The molecule has 5 heteroatoms. The highest BCUT2D eigenvalue weighted by molar-refractivity contribution is 5.83. The fourth-order valence-electron chi connectivity index (χ4n) is 1.82. The SMILES string of the molecule is C=CCCCCCC1C(=O)OCN1C(=O)OC. The molecule has 0 radical (unpaired) electrons. The lowest BCUT2D eigenvalue weighted by Crippen LogP contribution is -2.38. The van der Waals surface area contributed by atoms with Crippen molar-refractivity contribution in [3.63, 3.8) is 0 Å². The number of esters is 1. The van der Waals surface area contributed by atoms with E-state index in [4.69, 9.17) is 4.74 Å². The molecule has 1 unspecified atom stereocenters. The first-order chi connectivity index (χ1) is 8.20. The summed E-state index contributed by atoms with van der Waals surface area (Å²) < 4.78 is 9.45. The fourth-order valence-corrected chi connectivity index (χ4v) is 1.82. The van der Waals surface area contributed by atoms with E-state index < -0.39 is 12.1 Å². The van der Waals surface area contributed by atoms with Crippen LogP contribution in [0.5, 0.6) is 0 Å². The first-order valence-corrected chi connectivity index (χ1v) is 5.82. The molecule has 0 saturated carbocycles. The van der Waals surface area contributed by atoms with E-state index in [-0.39, 0.29) is 12.7 Å². The van der Waals surface area contributed by atoms with Crippen LogP contribution in [0.2, 0.25) is 0 Å². The maximum absolute atomic E-state index is 11.4. The molecule has 0 N–H and O–H groups in total. The van der Waals surface area contributed by atoms with Gasteiger partial charge in [0.1, 0.15) is 6.04 Å². The molecule has 1 fully saturated rings. The second kappa shape index (κ2) is 6.93. The van der Waals surface area contributed by atoms with E-state index in [0.29, 0.717) is 6.42 Å². The lowest BCUT2D eigenvalue weighted by atomic mass is 10.1. The number of carbonyl (C=O) groups is 2. The van der Waals surface area contributed by atoms with Crippen molar-refractivity contribution in [2.24, 2.45) is 0 Å². The Bertz CT molecular complexity index is 290. The number of unbranched alkanes of at least 4 members (excludes halogenated alkanes) is 3. The van der Waals surface area contributed by atoms with Crippen molar-refractivity contribution in [1.29, 1.82) is 0 Å². The molecule has 17 heavy (non-hydrogen) atoms. The number of carbonyl (C=O) groups excluding carboxylic acids is 2. The van der Waals surface area contributed by atoms with Crippen LogP contribution in [-0.4, -0.2) is 36.8 Å². The smallest absolute Gasteiger partial charge is 0.412 e. The zero-order valence-electron chi connectivity index (χ0n) is 10.2. The van der Waals surface area contributed by atoms with Gasteiger partial charge in [-0.3, -0.25) is 4.90 Å². The number of amides is 1. The van der Waals surface area contributed by atoms with Crippen molar-refractivity contribution in [2.75, 3.05) is 13.8 Å². The van der Waals surface area contributed by atoms with Crippen LogP contribution in [0.4, 0.5) is 4.79 Å². The van der Waals surface area contributed by atoms with Crippen LogP contribution in [0.15, 0.2) is 12.7 Å². The van der Waals surface area contributed by atoms with Crippen LogP contribution in [0, 0.1) is 0 Å². The predicted molar refractivity (Wildman–Crippen MR) is 62.3 cm³/mol. The Balaban J connectivity index is 2.35. The molecule has 1 aliphatic rings. The van der Waals surface area contributed by atoms with Gasteiger partial charge in [0, 0.05) is 0 Å². The Morgan fingerprint density at radius 3 is 3.00 bits per heavy atom. The summed E-state index contributed by atoms with van der Waals surface area (Å²) in [4.78, 5) is 24.1. The molecule has 0 aromatic heterocycles. The number of ether oxygens (including phenoxy) is 2. The van der Waals surface area contributed by atoms with Crippen molar-refractivity contribution in [3.05, 3.63) is 12.7 Å². The van der Waals surface area contributed by atoms with Gasteiger partial charge in [-0.15, -0.1) is 6.58 Å². The topological polar surface area (TPSA) is 55.8 Å². The van der Waals surface area contributed by atoms with Gasteiger partial charge in [0.2, 0.25) is 0 Å². The van der Waals surface area contributed by atoms with Crippen LogP contribution in [0.25, 0.3) is 0 Å². The van der Waals surface area contributed by atoms with E-state index in [2.05, 4.69) is 11.3 Å². The van der Waals surface area contributed by atoms with Crippen LogP contribution in [0.3, 0.4) is 0 Å². The monoisotopic (exact) mass is 241 g/mol. The van der Waals surface area contributed by atoms with Gasteiger partial charge in [0.15, 0.2) is 6.73 Å². The van der Waals surface area contributed by atoms with Gasteiger partial charge in [0.05, 0.1) is 7.11 Å². The predicted octanol–water partition coefficient (Wildman–Crippen LogP) is 2.07. The van der Waals surface area contributed by atoms with Gasteiger partial charge >= 0.3 is 12.1 Å². The first kappa shape index (κ1) is 13.5. The average molecular weight is 241 g/mol. The second-order valence-electron chi connectivity index (χ2n) is 3.97. The second-order valence-corrected chi connectivity index (χ2v) is 3.97. The molecular weight excluding hydrogens is 222 g/mol. The Morgan fingerprint density at radius 2 is 2.35 bits per heavy atom. The molecule has 1 aliphatic heterocycles. The Morgan fingerprint density at radius 1 is 1.59 bits per heavy atom. The number of rotatable bonds is 6. The summed E-state index contributed by atoms with van der Waals surface area (Å²) in [6.45, 7) is 3.65. The molecule has 0 aromatic carbocycles. The van der Waals surface area contributed by atoms with Crippen molar-refractivity contribution >= 4 is 12.1 Å². The Labute approximate surface area is 101 Å². The van der Waals surface area contributed by atoms with Crippen molar-refractivity contribution in [2.45, 2.75) is 38.1 Å². The molecule has 96 valence electrons. The van der Waals surface area contributed by atoms with Crippen molar-refractivity contribution in [3.8, 4) is 0 Å². The number of cyclic esters (lactones) is 1. The van der Waals surface area contributed by atoms with E-state index in [1.807, 2.05) is 6.08 Å². The molecule has 1 heterocycles. The number of hydrogen-bond donors (Lipinski definition) is 0. The van der Waals surface area contributed by atoms with E-state index in [1.165, 1.54) is 12.0 Å². The fraction of sp³-hybridized carbons (Fsp3) is 0.667. The highest BCUT2D eigenvalue weighted by atomic mass is 16.6. The molecule has 0 aromatic rings. The standard InChI is InChI=1S/C12H19NO4/c1-3-4-5-6-7-8-10-11(14)17-9-13(10)12(15)16-2/h3,10H,1,4-9H2,2H3. The summed E-state index contributed by atoms with van der Waals surface area (Å²) in [5.41, 5.74) is 0. The Hall–Kier alpha value is -1.52. The zero-order valence-corrected chi connectivity index (χ0v) is 10.2. The van der Waals surface area contributed by atoms with E-state index in [9.17, 15) is 9.59 Å². The minimum absolute atomic E-state index is 0.00281. The molecule has 0 bridgehead atoms. The van der Waals surface area contributed by atoms with Gasteiger partial charge in [-0.25, -0.2) is 9.59 Å². The Kier molecular flexibility index (Phi) is 5.52. The number of methoxy groups -OCH3 is 1. The minimum Gasteiger partial charge on any atom is -0.453 e. The quantitative estimate of drug-likeness (QED) is 0.406. The van der Waals surface area contributed by atoms with E-state index in [0.717, 1.165) is 25.7 Å². The number of nitrogens with zero attached hydrogens (tertiary/aromatic N) is 1. The molecule has 1 amide bonds. The van der Waals surface area contributed by atoms with Crippen LogP contribution in [0.1, 0.15) is 32.1 Å². The molecule has 1 atom stereocenters. The third kappa shape index (κ3) is 3.76. The summed E-state index contributed by atoms with van der Waals surface area (Å²) in [6, 6.07) is -0.480. The van der Waals surface area contributed by atoms with Gasteiger partial charge in [0.25, 0.3) is 0 Å². The summed E-state index contributed by atoms with van der Waals surface area (Å²) in [5.74, 6) is -0.334. The third-order valence-electron chi connectivity index (χ3n) is 2.79. The van der Waals surface area contributed by atoms with Crippen molar-refractivity contribution in [1.82, 2.24) is 4.90 Å². The van der Waals surface area contributed by atoms with Gasteiger partial charge in [-0.05, 0) is 19.3 Å². The summed E-state index contributed by atoms with van der Waals surface area (Å²) >= 11 is 0. The lowest BCUT2D eigenvalue weighted by molar-refractivity contribution is -0.139. The maximum Gasteiger partial charge on any atom is 0.412 e. The van der Waals surface area contributed by atoms with Gasteiger partial charge in [-0.2, -0.15) is 0 Å². The summed E-state index contributed by atoms with van der Waals surface area (Å²) in [5, 5.41) is 0. The normalized spacial score (nSPS) is 19.0. The molecule has 0 aliphatic carbocycles. The van der Waals surface area contributed by atoms with E-state index in [1.54, 1.807) is 0 Å². The molecular formula is C12H19NO4. The van der Waals surface area contributed by atoms with Gasteiger partial charge in [-0.1, -0.05) is 18.9 Å². The average Bonchev–Trinajstić information content (AvgIpc) is 2.70. The van der Waals surface area contributed by atoms with Crippen LogP contribution < -0.4 is 0 Å². The number of allylic oxidation sites excluding steroid dienone is 1. The highest BCUT2D eigenvalue weighted by Crippen LogP contribution is 2.18. The van der Waals surface area contributed by atoms with Gasteiger partial charge < -0.3 is 9.47 Å². The van der Waals surface area contributed by atoms with E-state index >= 15 is 0 Å². The largest absolute Gasteiger partial charge is 0.453 e. The zero-order chi connectivity index (χ0) is 12.7. The van der Waals surface area contributed by atoms with Crippen LogP contribution >= 0.6 is 0 Å². The number of hydrogen-bond acceptors (Lipinski definition) is 4. The first-order valence-electron chi connectivity index (χ1n) is 5.82. The maximum atomic E-state index is 11.4. The molecule has 1 rings (SSSR count). The highest BCUT2D eigenvalue weighted by Gasteiger charge is 2.37. The minimum atomic E-state index is -0.507. The molecule has 0 spiro atoms. The summed E-state index contributed by atoms with van der Waals surface area (Å²) in [7, 11) is 1.30.